The van der Waals surface area contributed by atoms with Gasteiger partial charge in [0.15, 0.2) is 0 Å². The van der Waals surface area contributed by atoms with Crippen LogP contribution < -0.4 is 0 Å². The molecule has 102 valence electrons. The van der Waals surface area contributed by atoms with Crippen LogP contribution in [-0.2, 0) is 0 Å². The van der Waals surface area contributed by atoms with E-state index in [2.05, 4.69) is 13.5 Å². The predicted octanol–water partition coefficient (Wildman–Crippen LogP) is 5.23. The van der Waals surface area contributed by atoms with Gasteiger partial charge in [0.05, 0.1) is 6.10 Å². The van der Waals surface area contributed by atoms with Crippen LogP contribution in [0.3, 0.4) is 0 Å². The molecule has 0 saturated carbocycles. The Kier molecular flexibility index (Phi) is 12.0. The molecule has 0 bridgehead atoms. The minimum atomic E-state index is -0.156. The SMILES string of the molecule is C=C(C)C[C@@H](O)CCCCCCCCCCC. The monoisotopic (exact) mass is 240 g/mol. The van der Waals surface area contributed by atoms with E-state index >= 15 is 0 Å². The lowest BCUT2D eigenvalue weighted by atomic mass is 10.0. The van der Waals surface area contributed by atoms with Crippen molar-refractivity contribution in [1.82, 2.24) is 0 Å². The van der Waals surface area contributed by atoms with Gasteiger partial charge in [-0.15, -0.1) is 6.58 Å². The Morgan fingerprint density at radius 3 is 1.88 bits per heavy atom. The molecule has 0 aromatic heterocycles. The van der Waals surface area contributed by atoms with Gasteiger partial charge in [-0.25, -0.2) is 0 Å². The lowest BCUT2D eigenvalue weighted by Gasteiger charge is -2.09. The van der Waals surface area contributed by atoms with Crippen LogP contribution in [-0.4, -0.2) is 11.2 Å². The van der Waals surface area contributed by atoms with Gasteiger partial charge in [-0.05, 0) is 19.8 Å². The van der Waals surface area contributed by atoms with E-state index in [0.29, 0.717) is 0 Å². The first-order chi connectivity index (χ1) is 8.16. The molecule has 0 amide bonds. The highest BCUT2D eigenvalue weighted by molar-refractivity contribution is 4.90. The van der Waals surface area contributed by atoms with Crippen molar-refractivity contribution in [3.63, 3.8) is 0 Å². The Labute approximate surface area is 108 Å². The number of rotatable bonds is 12. The van der Waals surface area contributed by atoms with Crippen molar-refractivity contribution in [2.24, 2.45) is 0 Å². The molecule has 0 fully saturated rings. The van der Waals surface area contributed by atoms with E-state index in [1.165, 1.54) is 57.8 Å². The lowest BCUT2D eigenvalue weighted by molar-refractivity contribution is 0.161. The summed E-state index contributed by atoms with van der Waals surface area (Å²) >= 11 is 0. The van der Waals surface area contributed by atoms with Crippen molar-refractivity contribution in [3.05, 3.63) is 12.2 Å². The number of hydrogen-bond acceptors (Lipinski definition) is 1. The number of hydrogen-bond donors (Lipinski definition) is 1. The van der Waals surface area contributed by atoms with Crippen LogP contribution >= 0.6 is 0 Å². The molecule has 0 heterocycles. The fourth-order valence-electron chi connectivity index (χ4n) is 2.19. The number of aliphatic hydroxyl groups excluding tert-OH is 1. The van der Waals surface area contributed by atoms with Crippen molar-refractivity contribution in [2.45, 2.75) is 90.6 Å². The van der Waals surface area contributed by atoms with Crippen LogP contribution in [0.1, 0.15) is 84.5 Å². The van der Waals surface area contributed by atoms with Gasteiger partial charge in [0.1, 0.15) is 0 Å². The van der Waals surface area contributed by atoms with Crippen LogP contribution in [0.4, 0.5) is 0 Å². The third kappa shape index (κ3) is 13.6. The molecule has 0 radical (unpaired) electrons. The van der Waals surface area contributed by atoms with Crippen LogP contribution in [0.15, 0.2) is 12.2 Å². The molecule has 0 aliphatic heterocycles. The molecular weight excluding hydrogens is 208 g/mol. The van der Waals surface area contributed by atoms with Crippen molar-refractivity contribution in [2.75, 3.05) is 0 Å². The first-order valence-corrected chi connectivity index (χ1v) is 7.49. The van der Waals surface area contributed by atoms with E-state index in [1.807, 2.05) is 6.92 Å². The molecule has 0 aliphatic rings. The third-order valence-corrected chi connectivity index (χ3v) is 3.22. The summed E-state index contributed by atoms with van der Waals surface area (Å²) in [6.07, 6.45) is 13.7. The minimum Gasteiger partial charge on any atom is -0.393 e. The van der Waals surface area contributed by atoms with E-state index in [1.54, 1.807) is 0 Å². The van der Waals surface area contributed by atoms with Gasteiger partial charge in [0.2, 0.25) is 0 Å². The Balaban J connectivity index is 3.10. The first kappa shape index (κ1) is 16.7. The second-order valence-electron chi connectivity index (χ2n) is 5.43. The maximum absolute atomic E-state index is 9.66. The standard InChI is InChI=1S/C16H32O/c1-4-5-6-7-8-9-10-11-12-13-16(17)14-15(2)3/h16-17H,2,4-14H2,1,3H3/t16-/m0/s1. The molecule has 1 atom stereocenters. The molecule has 1 heteroatoms. The van der Waals surface area contributed by atoms with E-state index in [9.17, 15) is 5.11 Å². The van der Waals surface area contributed by atoms with E-state index < -0.39 is 0 Å². The average molecular weight is 240 g/mol. The molecular formula is C16H32O. The van der Waals surface area contributed by atoms with Crippen LogP contribution in [0.2, 0.25) is 0 Å². The van der Waals surface area contributed by atoms with E-state index in [-0.39, 0.29) is 6.10 Å². The summed E-state index contributed by atoms with van der Waals surface area (Å²) in [7, 11) is 0. The van der Waals surface area contributed by atoms with Gasteiger partial charge in [-0.1, -0.05) is 70.3 Å². The number of unbranched alkanes of at least 4 members (excludes halogenated alkanes) is 8. The molecule has 0 aromatic rings. The smallest absolute Gasteiger partial charge is 0.0577 e. The normalized spacial score (nSPS) is 12.6. The van der Waals surface area contributed by atoms with Gasteiger partial charge in [-0.3, -0.25) is 0 Å². The zero-order chi connectivity index (χ0) is 12.9. The zero-order valence-electron chi connectivity index (χ0n) is 12.0. The average Bonchev–Trinajstić information content (AvgIpc) is 2.26. The lowest BCUT2D eigenvalue weighted by Crippen LogP contribution is -2.06. The summed E-state index contributed by atoms with van der Waals surface area (Å²) in [5.74, 6) is 0. The highest BCUT2D eigenvalue weighted by atomic mass is 16.3. The van der Waals surface area contributed by atoms with Crippen molar-refractivity contribution < 1.29 is 5.11 Å². The Hall–Kier alpha value is -0.300. The zero-order valence-corrected chi connectivity index (χ0v) is 12.0. The maximum Gasteiger partial charge on any atom is 0.0577 e. The highest BCUT2D eigenvalue weighted by Gasteiger charge is 2.03. The second-order valence-corrected chi connectivity index (χ2v) is 5.43. The van der Waals surface area contributed by atoms with Gasteiger partial charge < -0.3 is 5.11 Å². The Morgan fingerprint density at radius 2 is 1.41 bits per heavy atom. The molecule has 17 heavy (non-hydrogen) atoms. The molecule has 0 aliphatic carbocycles. The topological polar surface area (TPSA) is 20.2 Å². The maximum atomic E-state index is 9.66. The second kappa shape index (κ2) is 12.2. The first-order valence-electron chi connectivity index (χ1n) is 7.49. The van der Waals surface area contributed by atoms with Crippen LogP contribution in [0.25, 0.3) is 0 Å². The number of aliphatic hydroxyl groups is 1. The summed E-state index contributed by atoms with van der Waals surface area (Å²) in [5.41, 5.74) is 1.09. The largest absolute Gasteiger partial charge is 0.393 e. The van der Waals surface area contributed by atoms with Crippen molar-refractivity contribution in [1.29, 1.82) is 0 Å². The summed E-state index contributed by atoms with van der Waals surface area (Å²) in [6, 6.07) is 0. The van der Waals surface area contributed by atoms with E-state index in [0.717, 1.165) is 18.4 Å². The van der Waals surface area contributed by atoms with Crippen molar-refractivity contribution in [3.8, 4) is 0 Å². The van der Waals surface area contributed by atoms with Crippen LogP contribution in [0, 0.1) is 0 Å². The molecule has 1 nitrogen and oxygen atoms in total. The highest BCUT2D eigenvalue weighted by Crippen LogP contribution is 2.13. The third-order valence-electron chi connectivity index (χ3n) is 3.22. The molecule has 0 aromatic carbocycles. The molecule has 0 saturated heterocycles. The molecule has 0 spiro atoms. The van der Waals surface area contributed by atoms with Crippen molar-refractivity contribution >= 4 is 0 Å². The minimum absolute atomic E-state index is 0.156. The summed E-state index contributed by atoms with van der Waals surface area (Å²) in [5, 5.41) is 9.66. The van der Waals surface area contributed by atoms with Gasteiger partial charge in [-0.2, -0.15) is 0 Å². The fourth-order valence-corrected chi connectivity index (χ4v) is 2.19. The fraction of sp³-hybridized carbons (Fsp3) is 0.875. The summed E-state index contributed by atoms with van der Waals surface area (Å²) in [6.45, 7) is 8.07. The Morgan fingerprint density at radius 1 is 0.941 bits per heavy atom. The quantitative estimate of drug-likeness (QED) is 0.365. The molecule has 0 rings (SSSR count). The van der Waals surface area contributed by atoms with Crippen LogP contribution in [0.5, 0.6) is 0 Å². The predicted molar refractivity (Wildman–Crippen MR) is 77.3 cm³/mol. The van der Waals surface area contributed by atoms with Gasteiger partial charge in [0.25, 0.3) is 0 Å². The summed E-state index contributed by atoms with van der Waals surface area (Å²) in [4.78, 5) is 0. The Bertz CT molecular complexity index is 174. The van der Waals surface area contributed by atoms with E-state index in [4.69, 9.17) is 0 Å². The van der Waals surface area contributed by atoms with Gasteiger partial charge in [0, 0.05) is 0 Å². The molecule has 0 unspecified atom stereocenters. The van der Waals surface area contributed by atoms with Gasteiger partial charge >= 0.3 is 0 Å². The molecule has 1 N–H and O–H groups in total. The summed E-state index contributed by atoms with van der Waals surface area (Å²) < 4.78 is 0.